The van der Waals surface area contributed by atoms with Gasteiger partial charge in [0.1, 0.15) is 6.04 Å². The standard InChI is InChI=1S/C25H26F3N3O5S2/c1-16-8-11-22(14-17(16)2)31(37(4,33)34)18(3)24(32)29-20-9-12-23(13-10-20)38(35,36)30-21-7-5-6-19(15-21)25(26,27)28/h5-15,18,30H,1-4H3,(H,29,32)/t18-/m1/s1. The third kappa shape index (κ3) is 6.84. The van der Waals surface area contributed by atoms with Gasteiger partial charge in [0.15, 0.2) is 0 Å². The molecule has 0 aromatic heterocycles. The Morgan fingerprint density at radius 2 is 1.50 bits per heavy atom. The van der Waals surface area contributed by atoms with E-state index in [4.69, 9.17) is 0 Å². The molecule has 0 aliphatic heterocycles. The molecule has 1 atom stereocenters. The highest BCUT2D eigenvalue weighted by Crippen LogP contribution is 2.31. The van der Waals surface area contributed by atoms with Gasteiger partial charge < -0.3 is 5.32 Å². The molecule has 204 valence electrons. The molecule has 2 N–H and O–H groups in total. The first-order chi connectivity index (χ1) is 17.5. The second-order valence-electron chi connectivity index (χ2n) is 8.70. The van der Waals surface area contributed by atoms with Gasteiger partial charge in [-0.25, -0.2) is 16.8 Å². The van der Waals surface area contributed by atoms with Crippen molar-refractivity contribution in [2.75, 3.05) is 20.6 Å². The van der Waals surface area contributed by atoms with Gasteiger partial charge in [0.05, 0.1) is 22.4 Å². The lowest BCUT2D eigenvalue weighted by atomic mass is 10.1. The summed E-state index contributed by atoms with van der Waals surface area (Å²) < 4.78 is 92.2. The van der Waals surface area contributed by atoms with Crippen LogP contribution in [0.4, 0.5) is 30.2 Å². The van der Waals surface area contributed by atoms with Crippen molar-refractivity contribution < 1.29 is 34.8 Å². The number of hydrogen-bond donors (Lipinski definition) is 2. The van der Waals surface area contributed by atoms with Crippen LogP contribution in [0.25, 0.3) is 0 Å². The number of rotatable bonds is 8. The van der Waals surface area contributed by atoms with E-state index in [1.807, 2.05) is 13.8 Å². The van der Waals surface area contributed by atoms with Crippen molar-refractivity contribution in [3.63, 3.8) is 0 Å². The molecule has 3 rings (SSSR count). The smallest absolute Gasteiger partial charge is 0.324 e. The molecule has 8 nitrogen and oxygen atoms in total. The minimum absolute atomic E-state index is 0.188. The van der Waals surface area contributed by atoms with E-state index in [1.165, 1.54) is 25.1 Å². The SMILES string of the molecule is Cc1ccc(N([C@H](C)C(=O)Nc2ccc(S(=O)(=O)Nc3cccc(C(F)(F)F)c3)cc2)S(C)(=O)=O)cc1C. The lowest BCUT2D eigenvalue weighted by Crippen LogP contribution is -2.45. The van der Waals surface area contributed by atoms with Crippen LogP contribution in [-0.4, -0.2) is 35.0 Å². The van der Waals surface area contributed by atoms with Gasteiger partial charge in [-0.3, -0.25) is 13.8 Å². The number of aryl methyl sites for hydroxylation is 2. The summed E-state index contributed by atoms with van der Waals surface area (Å²) in [7, 11) is -8.07. The molecule has 3 aromatic rings. The summed E-state index contributed by atoms with van der Waals surface area (Å²) >= 11 is 0. The van der Waals surface area contributed by atoms with Gasteiger partial charge in [0.2, 0.25) is 15.9 Å². The molecule has 0 heterocycles. The Morgan fingerprint density at radius 1 is 0.868 bits per heavy atom. The van der Waals surface area contributed by atoms with E-state index in [-0.39, 0.29) is 16.3 Å². The topological polar surface area (TPSA) is 113 Å². The minimum Gasteiger partial charge on any atom is -0.324 e. The van der Waals surface area contributed by atoms with Gasteiger partial charge in [0, 0.05) is 11.4 Å². The Morgan fingerprint density at radius 3 is 2.05 bits per heavy atom. The molecular weight excluding hydrogens is 543 g/mol. The summed E-state index contributed by atoms with van der Waals surface area (Å²) in [5.74, 6) is -0.661. The van der Waals surface area contributed by atoms with Crippen molar-refractivity contribution in [2.24, 2.45) is 0 Å². The number of carbonyl (C=O) groups is 1. The summed E-state index contributed by atoms with van der Waals surface area (Å²) in [6.45, 7) is 5.12. The highest BCUT2D eigenvalue weighted by molar-refractivity contribution is 7.92. The van der Waals surface area contributed by atoms with Crippen molar-refractivity contribution >= 4 is 43.0 Å². The number of halogens is 3. The van der Waals surface area contributed by atoms with Crippen LogP contribution >= 0.6 is 0 Å². The van der Waals surface area contributed by atoms with Gasteiger partial charge in [0.25, 0.3) is 10.0 Å². The van der Waals surface area contributed by atoms with Crippen LogP contribution in [0.5, 0.6) is 0 Å². The van der Waals surface area contributed by atoms with Crippen LogP contribution in [0.2, 0.25) is 0 Å². The van der Waals surface area contributed by atoms with Gasteiger partial charge >= 0.3 is 6.18 Å². The van der Waals surface area contributed by atoms with E-state index in [1.54, 1.807) is 18.2 Å². The first-order valence-electron chi connectivity index (χ1n) is 11.2. The van der Waals surface area contributed by atoms with Crippen LogP contribution in [0.3, 0.4) is 0 Å². The third-order valence-corrected chi connectivity index (χ3v) is 8.35. The molecule has 0 bridgehead atoms. The van der Waals surface area contributed by atoms with Crippen molar-refractivity contribution in [2.45, 2.75) is 37.9 Å². The average molecular weight is 570 g/mol. The van der Waals surface area contributed by atoms with Crippen molar-refractivity contribution in [1.29, 1.82) is 0 Å². The van der Waals surface area contributed by atoms with Crippen LogP contribution in [0.1, 0.15) is 23.6 Å². The van der Waals surface area contributed by atoms with Gasteiger partial charge in [-0.05, 0) is 86.5 Å². The Bertz CT molecular complexity index is 1560. The van der Waals surface area contributed by atoms with Crippen LogP contribution in [-0.2, 0) is 31.0 Å². The van der Waals surface area contributed by atoms with E-state index in [0.29, 0.717) is 11.8 Å². The number of alkyl halides is 3. The molecule has 13 heteroatoms. The fourth-order valence-corrected chi connectivity index (χ4v) is 5.82. The monoisotopic (exact) mass is 569 g/mol. The predicted molar refractivity (Wildman–Crippen MR) is 140 cm³/mol. The van der Waals surface area contributed by atoms with Crippen molar-refractivity contribution in [3.8, 4) is 0 Å². The largest absolute Gasteiger partial charge is 0.416 e. The van der Waals surface area contributed by atoms with E-state index >= 15 is 0 Å². The summed E-state index contributed by atoms with van der Waals surface area (Å²) in [6.07, 6.45) is -3.65. The number of nitrogens with zero attached hydrogens (tertiary/aromatic N) is 1. The second kappa shape index (κ2) is 10.7. The molecule has 0 aliphatic rings. The zero-order chi connectivity index (χ0) is 28.5. The van der Waals surface area contributed by atoms with Gasteiger partial charge in [-0.2, -0.15) is 13.2 Å². The lowest BCUT2D eigenvalue weighted by Gasteiger charge is -2.28. The summed E-state index contributed by atoms with van der Waals surface area (Å²) in [4.78, 5) is 12.7. The van der Waals surface area contributed by atoms with Crippen LogP contribution in [0.15, 0.2) is 71.6 Å². The number of nitrogens with one attached hydrogen (secondary N) is 2. The normalized spacial score (nSPS) is 13.0. The zero-order valence-electron chi connectivity index (χ0n) is 20.9. The van der Waals surface area contributed by atoms with Crippen LogP contribution in [0, 0.1) is 13.8 Å². The molecule has 0 aliphatic carbocycles. The number of hydrogen-bond acceptors (Lipinski definition) is 5. The molecular formula is C25H26F3N3O5S2. The highest BCUT2D eigenvalue weighted by atomic mass is 32.2. The van der Waals surface area contributed by atoms with E-state index in [9.17, 15) is 34.8 Å². The second-order valence-corrected chi connectivity index (χ2v) is 12.2. The van der Waals surface area contributed by atoms with E-state index < -0.39 is 43.7 Å². The Kier molecular flexibility index (Phi) is 8.13. The fourth-order valence-electron chi connectivity index (χ4n) is 3.61. The Balaban J connectivity index is 1.77. The van der Waals surface area contributed by atoms with Crippen LogP contribution < -0.4 is 14.3 Å². The van der Waals surface area contributed by atoms with Gasteiger partial charge in [-0.1, -0.05) is 12.1 Å². The summed E-state index contributed by atoms with van der Waals surface area (Å²) in [6, 6.07) is 12.5. The molecule has 0 fully saturated rings. The number of benzene rings is 3. The number of amides is 1. The number of anilines is 3. The minimum atomic E-state index is -4.64. The van der Waals surface area contributed by atoms with E-state index in [0.717, 1.165) is 46.0 Å². The van der Waals surface area contributed by atoms with E-state index in [2.05, 4.69) is 10.0 Å². The summed E-state index contributed by atoms with van der Waals surface area (Å²) in [5, 5.41) is 2.56. The number of carbonyl (C=O) groups excluding carboxylic acids is 1. The Hall–Kier alpha value is -3.58. The number of sulfonamides is 2. The maximum Gasteiger partial charge on any atom is 0.416 e. The lowest BCUT2D eigenvalue weighted by molar-refractivity contribution is -0.137. The average Bonchev–Trinajstić information content (AvgIpc) is 2.80. The quantitative estimate of drug-likeness (QED) is 0.400. The molecule has 0 spiro atoms. The highest BCUT2D eigenvalue weighted by Gasteiger charge is 2.31. The predicted octanol–water partition coefficient (Wildman–Crippen LogP) is 4.92. The maximum atomic E-state index is 12.9. The molecule has 0 radical (unpaired) electrons. The molecule has 38 heavy (non-hydrogen) atoms. The third-order valence-electron chi connectivity index (χ3n) is 5.71. The molecule has 0 saturated carbocycles. The molecule has 0 unspecified atom stereocenters. The first kappa shape index (κ1) is 29.0. The maximum absolute atomic E-state index is 12.9. The van der Waals surface area contributed by atoms with Gasteiger partial charge in [-0.15, -0.1) is 0 Å². The molecule has 1 amide bonds. The van der Waals surface area contributed by atoms with Crippen molar-refractivity contribution in [3.05, 3.63) is 83.4 Å². The molecule has 0 saturated heterocycles. The molecule has 3 aromatic carbocycles. The zero-order valence-corrected chi connectivity index (χ0v) is 22.5. The fraction of sp³-hybridized carbons (Fsp3) is 0.240. The Labute approximate surface area is 219 Å². The first-order valence-corrected chi connectivity index (χ1v) is 14.5. The van der Waals surface area contributed by atoms with Crippen molar-refractivity contribution in [1.82, 2.24) is 0 Å². The summed E-state index contributed by atoms with van der Waals surface area (Å²) in [5.41, 5.74) is 1.04.